The van der Waals surface area contributed by atoms with Crippen LogP contribution in [0.3, 0.4) is 0 Å². The van der Waals surface area contributed by atoms with Crippen LogP contribution in [0.4, 0.5) is 0 Å². The second kappa shape index (κ2) is 9.29. The van der Waals surface area contributed by atoms with Crippen molar-refractivity contribution in [1.82, 2.24) is 14.7 Å². The van der Waals surface area contributed by atoms with Crippen LogP contribution < -0.4 is 25.6 Å². The van der Waals surface area contributed by atoms with E-state index in [2.05, 4.69) is 59.4 Å². The first-order chi connectivity index (χ1) is 16.6. The monoisotopic (exact) mass is 455 g/mol. The van der Waals surface area contributed by atoms with E-state index in [0.29, 0.717) is 36.1 Å². The summed E-state index contributed by atoms with van der Waals surface area (Å²) in [6.07, 6.45) is 12.6. The lowest BCUT2D eigenvalue weighted by molar-refractivity contribution is 0.157. The third-order valence-corrected chi connectivity index (χ3v) is 6.75. The second-order valence-corrected chi connectivity index (χ2v) is 8.96. The molecule has 0 radical (unpaired) electrons. The Bertz CT molecular complexity index is 1420. The first-order valence-corrected chi connectivity index (χ1v) is 11.8. The van der Waals surface area contributed by atoms with Crippen molar-refractivity contribution >= 4 is 12.2 Å². The normalized spacial score (nSPS) is 20.8. The maximum atomic E-state index is 11.9. The molecular weight excluding hydrogens is 426 g/mol. The van der Waals surface area contributed by atoms with Crippen molar-refractivity contribution in [3.8, 4) is 17.0 Å². The third kappa shape index (κ3) is 4.40. The Kier molecular flexibility index (Phi) is 6.05. The highest BCUT2D eigenvalue weighted by Gasteiger charge is 2.42. The molecule has 174 valence electrons. The Labute approximate surface area is 198 Å². The van der Waals surface area contributed by atoms with Gasteiger partial charge in [-0.15, -0.1) is 0 Å². The molecule has 6 heteroatoms. The number of ether oxygens (including phenoxy) is 1. The number of rotatable bonds is 7. The molecule has 6 nitrogen and oxygen atoms in total. The lowest BCUT2D eigenvalue weighted by Gasteiger charge is -2.15. The Morgan fingerprint density at radius 1 is 1.12 bits per heavy atom. The molecule has 1 fully saturated rings. The Morgan fingerprint density at radius 3 is 2.74 bits per heavy atom. The predicted octanol–water partition coefficient (Wildman–Crippen LogP) is 2.91. The van der Waals surface area contributed by atoms with Gasteiger partial charge in [-0.25, -0.2) is 4.98 Å². The molecule has 2 aliphatic carbocycles. The fourth-order valence-electron chi connectivity index (χ4n) is 4.74. The highest BCUT2D eigenvalue weighted by molar-refractivity contribution is 5.66. The Morgan fingerprint density at radius 2 is 1.94 bits per heavy atom. The van der Waals surface area contributed by atoms with Crippen molar-refractivity contribution in [2.24, 2.45) is 17.8 Å². The molecule has 0 amide bonds. The van der Waals surface area contributed by atoms with E-state index >= 15 is 0 Å². The topological polar surface area (TPSA) is 66.2 Å². The zero-order valence-electron chi connectivity index (χ0n) is 19.8. The molecular formula is C28H29N3O3. The van der Waals surface area contributed by atoms with Crippen LogP contribution in [0.25, 0.3) is 23.3 Å². The maximum absolute atomic E-state index is 11.9. The quantitative estimate of drug-likeness (QED) is 0.548. The smallest absolute Gasteiger partial charge is 0.282 e. The highest BCUT2D eigenvalue weighted by Crippen LogP contribution is 2.48. The number of aromatic nitrogens is 3. The average molecular weight is 456 g/mol. The molecule has 5 rings (SSSR count). The van der Waals surface area contributed by atoms with Crippen LogP contribution in [0.15, 0.2) is 65.2 Å². The average Bonchev–Trinajstić information content (AvgIpc) is 3.64. The summed E-state index contributed by atoms with van der Waals surface area (Å²) in [5, 5.41) is 2.59. The third-order valence-electron chi connectivity index (χ3n) is 6.75. The minimum absolute atomic E-state index is 0.236. The van der Waals surface area contributed by atoms with Crippen molar-refractivity contribution in [1.29, 1.82) is 0 Å². The molecule has 0 N–H and O–H groups in total. The lowest BCUT2D eigenvalue weighted by Crippen LogP contribution is -2.23. The number of aryl methyl sites for hydroxylation is 1. The SMILES string of the molecule is CCC1C=c2ccccc2=CC=C1C1CC1COc1nc(C)ncc1-c1ccc(=O)n(OC)c1. The molecule has 0 aliphatic heterocycles. The van der Waals surface area contributed by atoms with Crippen molar-refractivity contribution in [2.45, 2.75) is 26.7 Å². The minimum atomic E-state index is -0.236. The van der Waals surface area contributed by atoms with Gasteiger partial charge in [0.05, 0.1) is 18.4 Å². The Hall–Kier alpha value is -3.67. The molecule has 2 heterocycles. The summed E-state index contributed by atoms with van der Waals surface area (Å²) in [6, 6.07) is 11.8. The highest BCUT2D eigenvalue weighted by atomic mass is 16.6. The van der Waals surface area contributed by atoms with E-state index in [1.807, 2.05) is 6.92 Å². The molecule has 0 saturated heterocycles. The van der Waals surface area contributed by atoms with E-state index in [1.165, 1.54) is 33.9 Å². The summed E-state index contributed by atoms with van der Waals surface area (Å²) in [5.41, 5.74) is 2.77. The van der Waals surface area contributed by atoms with Crippen molar-refractivity contribution < 1.29 is 9.57 Å². The van der Waals surface area contributed by atoms with Crippen LogP contribution in [0.1, 0.15) is 25.6 Å². The number of nitrogens with zero attached hydrogens (tertiary/aromatic N) is 3. The molecule has 1 saturated carbocycles. The fraction of sp³-hybridized carbons (Fsp3) is 0.321. The van der Waals surface area contributed by atoms with Gasteiger partial charge in [-0.05, 0) is 48.1 Å². The molecule has 3 aromatic rings. The zero-order valence-corrected chi connectivity index (χ0v) is 19.8. The standard InChI is InChI=1S/C28H29N3O3/c1-4-19-13-21-8-6-5-7-20(21)9-11-24(19)25-14-23(25)17-34-28-26(15-29-18(2)30-28)22-10-12-27(32)31(16-22)33-3/h5-13,15-16,19,23,25H,4,14,17H2,1-3H3. The number of benzene rings is 1. The van der Waals surface area contributed by atoms with Gasteiger partial charge >= 0.3 is 0 Å². The molecule has 34 heavy (non-hydrogen) atoms. The molecule has 3 atom stereocenters. The van der Waals surface area contributed by atoms with Crippen molar-refractivity contribution in [3.05, 3.63) is 87.1 Å². The molecule has 0 bridgehead atoms. The summed E-state index contributed by atoms with van der Waals surface area (Å²) in [5.74, 6) is 2.60. The molecule has 3 unspecified atom stereocenters. The van der Waals surface area contributed by atoms with Crippen molar-refractivity contribution in [2.75, 3.05) is 13.7 Å². The minimum Gasteiger partial charge on any atom is -0.477 e. The van der Waals surface area contributed by atoms with Gasteiger partial charge < -0.3 is 9.57 Å². The number of allylic oxidation sites excluding steroid dienone is 2. The molecule has 1 aromatic carbocycles. The lowest BCUT2D eigenvalue weighted by atomic mass is 9.91. The summed E-state index contributed by atoms with van der Waals surface area (Å²) < 4.78 is 7.44. The van der Waals surface area contributed by atoms with E-state index in [-0.39, 0.29) is 5.56 Å². The Balaban J connectivity index is 1.34. The molecule has 0 spiro atoms. The van der Waals surface area contributed by atoms with Gasteiger partial charge in [0, 0.05) is 23.7 Å². The summed E-state index contributed by atoms with van der Waals surface area (Å²) in [4.78, 5) is 25.9. The largest absolute Gasteiger partial charge is 0.477 e. The van der Waals surface area contributed by atoms with Crippen LogP contribution in [-0.4, -0.2) is 28.4 Å². The predicted molar refractivity (Wildman–Crippen MR) is 133 cm³/mol. The van der Waals surface area contributed by atoms with E-state index < -0.39 is 0 Å². The first-order valence-electron chi connectivity index (χ1n) is 11.8. The maximum Gasteiger partial charge on any atom is 0.282 e. The number of fused-ring (bicyclic) bond motifs is 1. The van der Waals surface area contributed by atoms with Gasteiger partial charge in [-0.3, -0.25) is 4.79 Å². The van der Waals surface area contributed by atoms with Gasteiger partial charge in [-0.2, -0.15) is 9.71 Å². The van der Waals surface area contributed by atoms with Crippen LogP contribution in [0, 0.1) is 24.7 Å². The summed E-state index contributed by atoms with van der Waals surface area (Å²) >= 11 is 0. The van der Waals surface area contributed by atoms with Gasteiger partial charge in [0.15, 0.2) is 0 Å². The van der Waals surface area contributed by atoms with Gasteiger partial charge in [0.1, 0.15) is 12.9 Å². The van der Waals surface area contributed by atoms with Gasteiger partial charge in [-0.1, -0.05) is 55.0 Å². The first kappa shape index (κ1) is 22.1. The summed E-state index contributed by atoms with van der Waals surface area (Å²) in [7, 11) is 1.46. The van der Waals surface area contributed by atoms with Crippen LogP contribution in [0.5, 0.6) is 5.88 Å². The zero-order chi connectivity index (χ0) is 23.7. The van der Waals surface area contributed by atoms with Crippen molar-refractivity contribution in [3.63, 3.8) is 0 Å². The number of hydrogen-bond donors (Lipinski definition) is 0. The van der Waals surface area contributed by atoms with E-state index in [1.54, 1.807) is 18.5 Å². The van der Waals surface area contributed by atoms with E-state index in [0.717, 1.165) is 24.0 Å². The van der Waals surface area contributed by atoms with Crippen LogP contribution in [-0.2, 0) is 0 Å². The van der Waals surface area contributed by atoms with Crippen LogP contribution >= 0.6 is 0 Å². The van der Waals surface area contributed by atoms with Gasteiger partial charge in [0.2, 0.25) is 5.88 Å². The number of hydrogen-bond acceptors (Lipinski definition) is 5. The van der Waals surface area contributed by atoms with Gasteiger partial charge in [0.25, 0.3) is 5.56 Å². The molecule has 2 aliphatic rings. The fourth-order valence-corrected chi connectivity index (χ4v) is 4.74. The van der Waals surface area contributed by atoms with Crippen LogP contribution in [0.2, 0.25) is 0 Å². The second-order valence-electron chi connectivity index (χ2n) is 8.96. The molecule has 2 aromatic heterocycles. The number of pyridine rings is 1. The van der Waals surface area contributed by atoms with E-state index in [4.69, 9.17) is 9.57 Å². The summed E-state index contributed by atoms with van der Waals surface area (Å²) in [6.45, 7) is 4.70. The van der Waals surface area contributed by atoms with E-state index in [9.17, 15) is 4.79 Å².